The van der Waals surface area contributed by atoms with Crippen molar-refractivity contribution in [2.75, 3.05) is 7.11 Å². The number of ether oxygens (including phenoxy) is 1. The Hall–Kier alpha value is -1.50. The van der Waals surface area contributed by atoms with Gasteiger partial charge in [0.15, 0.2) is 5.69 Å². The van der Waals surface area contributed by atoms with Crippen LogP contribution in [0.4, 0.5) is 13.2 Å². The quantitative estimate of drug-likeness (QED) is 0.803. The van der Waals surface area contributed by atoms with E-state index in [2.05, 4.69) is 21.0 Å². The molecule has 0 aliphatic heterocycles. The molecule has 0 bridgehead atoms. The van der Waals surface area contributed by atoms with Gasteiger partial charge >= 0.3 is 6.18 Å². The number of alkyl halides is 3. The van der Waals surface area contributed by atoms with E-state index in [0.29, 0.717) is 17.1 Å². The van der Waals surface area contributed by atoms with Gasteiger partial charge < -0.3 is 4.74 Å². The molecule has 0 radical (unpaired) electrons. The predicted molar refractivity (Wildman–Crippen MR) is 74.8 cm³/mol. The molecular formula is C14H12BrF3N2O. The number of methoxy groups -OCH3 is 1. The summed E-state index contributed by atoms with van der Waals surface area (Å²) in [6, 6.07) is 6.30. The van der Waals surface area contributed by atoms with Gasteiger partial charge in [-0.15, -0.1) is 0 Å². The van der Waals surface area contributed by atoms with Gasteiger partial charge in [0, 0.05) is 16.1 Å². The molecular weight excluding hydrogens is 349 g/mol. The van der Waals surface area contributed by atoms with E-state index >= 15 is 0 Å². The second-order valence-corrected chi connectivity index (χ2v) is 5.87. The fourth-order valence-electron chi connectivity index (χ4n) is 2.22. The number of aromatic nitrogens is 2. The molecule has 1 aromatic carbocycles. The highest BCUT2D eigenvalue weighted by Crippen LogP contribution is 2.43. The lowest BCUT2D eigenvalue weighted by Crippen LogP contribution is -2.08. The lowest BCUT2D eigenvalue weighted by Gasteiger charge is -2.11. The van der Waals surface area contributed by atoms with Gasteiger partial charge in [0.2, 0.25) is 0 Å². The summed E-state index contributed by atoms with van der Waals surface area (Å²) in [5.41, 5.74) is 0.232. The number of benzene rings is 1. The van der Waals surface area contributed by atoms with E-state index in [1.165, 1.54) is 11.8 Å². The molecule has 2 aromatic rings. The Balaban J connectivity index is 2.15. The molecule has 3 nitrogen and oxygen atoms in total. The summed E-state index contributed by atoms with van der Waals surface area (Å²) in [7, 11) is 1.48. The maximum absolute atomic E-state index is 12.9. The normalized spacial score (nSPS) is 15.3. The zero-order chi connectivity index (χ0) is 15.2. The number of nitrogens with zero attached hydrogens (tertiary/aromatic N) is 2. The van der Waals surface area contributed by atoms with Crippen molar-refractivity contribution >= 4 is 15.9 Å². The Labute approximate surface area is 127 Å². The average molecular weight is 361 g/mol. The van der Waals surface area contributed by atoms with Crippen LogP contribution >= 0.6 is 15.9 Å². The lowest BCUT2D eigenvalue weighted by atomic mass is 10.2. The summed E-state index contributed by atoms with van der Waals surface area (Å²) < 4.78 is 46.1. The van der Waals surface area contributed by atoms with E-state index < -0.39 is 11.9 Å². The van der Waals surface area contributed by atoms with Crippen LogP contribution in [0.2, 0.25) is 0 Å². The summed E-state index contributed by atoms with van der Waals surface area (Å²) in [6.07, 6.45) is -2.67. The topological polar surface area (TPSA) is 27.1 Å². The van der Waals surface area contributed by atoms with Gasteiger partial charge in [-0.3, -0.25) is 0 Å². The smallest absolute Gasteiger partial charge is 0.435 e. The highest BCUT2D eigenvalue weighted by molar-refractivity contribution is 9.10. The molecule has 0 unspecified atom stereocenters. The molecule has 112 valence electrons. The molecule has 0 spiro atoms. The van der Waals surface area contributed by atoms with Crippen LogP contribution in [0, 0.1) is 0 Å². The van der Waals surface area contributed by atoms with E-state index in [0.717, 1.165) is 23.4 Å². The first-order chi connectivity index (χ1) is 9.90. The first-order valence-electron chi connectivity index (χ1n) is 6.41. The van der Waals surface area contributed by atoms with Crippen molar-refractivity contribution in [3.63, 3.8) is 0 Å². The Morgan fingerprint density at radius 3 is 2.57 bits per heavy atom. The van der Waals surface area contributed by atoms with Crippen molar-refractivity contribution in [3.05, 3.63) is 40.1 Å². The maximum Gasteiger partial charge on any atom is 0.435 e. The molecule has 0 saturated heterocycles. The molecule has 21 heavy (non-hydrogen) atoms. The van der Waals surface area contributed by atoms with Gasteiger partial charge in [-0.2, -0.15) is 18.3 Å². The summed E-state index contributed by atoms with van der Waals surface area (Å²) in [5.74, 6) is 0.616. The Morgan fingerprint density at radius 2 is 2.00 bits per heavy atom. The fraction of sp³-hybridized carbons (Fsp3) is 0.357. The van der Waals surface area contributed by atoms with Gasteiger partial charge in [-0.25, -0.2) is 4.68 Å². The van der Waals surface area contributed by atoms with Gasteiger partial charge in [0.25, 0.3) is 0 Å². The van der Waals surface area contributed by atoms with Crippen LogP contribution < -0.4 is 4.74 Å². The third-order valence-corrected chi connectivity index (χ3v) is 3.89. The van der Waals surface area contributed by atoms with Crippen LogP contribution in [0.5, 0.6) is 5.75 Å². The molecule has 7 heteroatoms. The standard InChI is InChI=1S/C14H12BrF3N2O/c1-21-12-6-9(15)4-5-10(12)20-11(8-2-3-8)7-13(19-20)14(16,17)18/h4-8H,2-3H2,1H3. The summed E-state index contributed by atoms with van der Waals surface area (Å²) >= 11 is 3.32. The summed E-state index contributed by atoms with van der Waals surface area (Å²) in [4.78, 5) is 0. The third kappa shape index (κ3) is 2.79. The van der Waals surface area contributed by atoms with Crippen LogP contribution in [0.15, 0.2) is 28.7 Å². The molecule has 0 atom stereocenters. The second-order valence-electron chi connectivity index (χ2n) is 4.95. The first-order valence-corrected chi connectivity index (χ1v) is 7.20. The van der Waals surface area contributed by atoms with Gasteiger partial charge in [0.05, 0.1) is 7.11 Å². The van der Waals surface area contributed by atoms with Gasteiger partial charge in [-0.05, 0) is 37.1 Å². The minimum atomic E-state index is -4.45. The predicted octanol–water partition coefficient (Wildman–Crippen LogP) is 4.54. The molecule has 0 amide bonds. The number of rotatable bonds is 3. The lowest BCUT2D eigenvalue weighted by molar-refractivity contribution is -0.141. The molecule has 1 heterocycles. The summed E-state index contributed by atoms with van der Waals surface area (Å²) in [5, 5.41) is 3.75. The van der Waals surface area contributed by atoms with E-state index in [4.69, 9.17) is 4.74 Å². The Morgan fingerprint density at radius 1 is 1.29 bits per heavy atom. The maximum atomic E-state index is 12.9. The van der Waals surface area contributed by atoms with Crippen molar-refractivity contribution in [1.29, 1.82) is 0 Å². The van der Waals surface area contributed by atoms with Crippen LogP contribution in [0.1, 0.15) is 30.1 Å². The van der Waals surface area contributed by atoms with Crippen LogP contribution in [-0.4, -0.2) is 16.9 Å². The molecule has 1 saturated carbocycles. The number of hydrogen-bond donors (Lipinski definition) is 0. The van der Waals surface area contributed by atoms with Gasteiger partial charge in [0.1, 0.15) is 11.4 Å². The first kappa shape index (κ1) is 14.4. The Kier molecular flexibility index (Phi) is 3.47. The van der Waals surface area contributed by atoms with Crippen molar-refractivity contribution in [2.45, 2.75) is 24.9 Å². The highest BCUT2D eigenvalue weighted by Gasteiger charge is 2.38. The number of hydrogen-bond acceptors (Lipinski definition) is 2. The third-order valence-electron chi connectivity index (χ3n) is 3.39. The zero-order valence-electron chi connectivity index (χ0n) is 11.1. The van der Waals surface area contributed by atoms with Gasteiger partial charge in [-0.1, -0.05) is 15.9 Å². The SMILES string of the molecule is COc1cc(Br)ccc1-n1nc(C(F)(F)F)cc1C1CC1. The highest BCUT2D eigenvalue weighted by atomic mass is 79.9. The summed E-state index contributed by atoms with van der Waals surface area (Å²) in [6.45, 7) is 0. The molecule has 1 fully saturated rings. The van der Waals surface area contributed by atoms with E-state index in [1.54, 1.807) is 18.2 Å². The van der Waals surface area contributed by atoms with E-state index in [-0.39, 0.29) is 5.92 Å². The van der Waals surface area contributed by atoms with Crippen LogP contribution in [-0.2, 0) is 6.18 Å². The van der Waals surface area contributed by atoms with E-state index in [9.17, 15) is 13.2 Å². The second kappa shape index (κ2) is 5.05. The molecule has 1 aromatic heterocycles. The molecule has 3 rings (SSSR count). The molecule has 0 N–H and O–H groups in total. The monoisotopic (exact) mass is 360 g/mol. The zero-order valence-corrected chi connectivity index (χ0v) is 12.7. The number of halogens is 4. The van der Waals surface area contributed by atoms with Crippen molar-refractivity contribution in [3.8, 4) is 11.4 Å². The average Bonchev–Trinajstić information content (AvgIpc) is 3.16. The minimum Gasteiger partial charge on any atom is -0.494 e. The molecule has 1 aliphatic carbocycles. The van der Waals surface area contributed by atoms with Crippen molar-refractivity contribution in [2.24, 2.45) is 0 Å². The van der Waals surface area contributed by atoms with E-state index in [1.807, 2.05) is 0 Å². The fourth-order valence-corrected chi connectivity index (χ4v) is 2.56. The Bertz CT molecular complexity index is 677. The van der Waals surface area contributed by atoms with Crippen LogP contribution in [0.25, 0.3) is 5.69 Å². The molecule has 1 aliphatic rings. The van der Waals surface area contributed by atoms with Crippen LogP contribution in [0.3, 0.4) is 0 Å². The minimum absolute atomic E-state index is 0.141. The largest absolute Gasteiger partial charge is 0.494 e. The van der Waals surface area contributed by atoms with Crippen molar-refractivity contribution in [1.82, 2.24) is 9.78 Å². The van der Waals surface area contributed by atoms with Crippen molar-refractivity contribution < 1.29 is 17.9 Å².